The summed E-state index contributed by atoms with van der Waals surface area (Å²) >= 11 is 0. The van der Waals surface area contributed by atoms with Gasteiger partial charge in [0, 0.05) is 54.2 Å². The Morgan fingerprint density at radius 2 is 1.65 bits per heavy atom. The van der Waals surface area contributed by atoms with Gasteiger partial charge in [0.15, 0.2) is 0 Å². The van der Waals surface area contributed by atoms with Gasteiger partial charge in [-0.1, -0.05) is 11.6 Å². The van der Waals surface area contributed by atoms with E-state index in [-0.39, 0.29) is 5.91 Å². The third-order valence-corrected chi connectivity index (χ3v) is 7.31. The zero-order valence-electron chi connectivity index (χ0n) is 21.3. The summed E-state index contributed by atoms with van der Waals surface area (Å²) in [5.41, 5.74) is 4.39. The fourth-order valence-electron chi connectivity index (χ4n) is 5.69. The van der Waals surface area contributed by atoms with Crippen LogP contribution in [0.25, 0.3) is 0 Å². The van der Waals surface area contributed by atoms with E-state index in [0.29, 0.717) is 18.1 Å². The first-order chi connectivity index (χ1) is 16.4. The summed E-state index contributed by atoms with van der Waals surface area (Å²) < 4.78 is 5.55. The van der Waals surface area contributed by atoms with Gasteiger partial charge < -0.3 is 19.4 Å². The molecule has 2 saturated heterocycles. The highest BCUT2D eigenvalue weighted by Gasteiger charge is 2.41. The summed E-state index contributed by atoms with van der Waals surface area (Å²) in [6, 6.07) is 18.1. The van der Waals surface area contributed by atoms with Gasteiger partial charge in [0.05, 0.1) is 7.11 Å². The van der Waals surface area contributed by atoms with Crippen molar-refractivity contribution in [3.8, 4) is 5.75 Å². The molecule has 0 saturated carbocycles. The molecule has 0 spiro atoms. The van der Waals surface area contributed by atoms with Crippen molar-refractivity contribution >= 4 is 17.3 Å². The topological polar surface area (TPSA) is 36.0 Å². The number of amides is 1. The molecule has 4 rings (SSSR count). The zero-order valence-corrected chi connectivity index (χ0v) is 21.3. The molecule has 2 fully saturated rings. The molecule has 0 radical (unpaired) electrons. The van der Waals surface area contributed by atoms with Crippen molar-refractivity contribution in [1.82, 2.24) is 9.80 Å². The lowest BCUT2D eigenvalue weighted by Crippen LogP contribution is -2.47. The van der Waals surface area contributed by atoms with Crippen molar-refractivity contribution in [2.24, 2.45) is 0 Å². The van der Waals surface area contributed by atoms with Gasteiger partial charge in [0.25, 0.3) is 5.91 Å². The number of ether oxygens (including phenoxy) is 1. The molecule has 5 heteroatoms. The van der Waals surface area contributed by atoms with Crippen LogP contribution in [-0.4, -0.2) is 54.0 Å². The van der Waals surface area contributed by atoms with Crippen LogP contribution >= 0.6 is 0 Å². The van der Waals surface area contributed by atoms with Crippen LogP contribution in [-0.2, 0) is 0 Å². The normalized spacial score (nSPS) is 21.2. The van der Waals surface area contributed by atoms with Crippen molar-refractivity contribution in [3.63, 3.8) is 0 Å². The quantitative estimate of drug-likeness (QED) is 0.467. The first-order valence-electron chi connectivity index (χ1n) is 12.7. The maximum absolute atomic E-state index is 12.8. The van der Waals surface area contributed by atoms with Gasteiger partial charge in [-0.3, -0.25) is 4.79 Å². The molecule has 1 amide bonds. The number of fused-ring (bicyclic) bond motifs is 2. The highest BCUT2D eigenvalue weighted by molar-refractivity contribution is 5.94. The third-order valence-electron chi connectivity index (χ3n) is 7.31. The molecule has 0 aromatic heterocycles. The molecule has 2 aromatic carbocycles. The summed E-state index contributed by atoms with van der Waals surface area (Å²) in [7, 11) is 1.72. The Morgan fingerprint density at radius 1 is 1.00 bits per heavy atom. The second kappa shape index (κ2) is 10.5. The Bertz CT molecular complexity index is 994. The number of hydrogen-bond acceptors (Lipinski definition) is 4. The minimum Gasteiger partial charge on any atom is -0.497 e. The number of carbonyl (C=O) groups is 1. The Hall–Kier alpha value is -2.95. The number of rotatable bonds is 8. The molecule has 182 valence electrons. The molecule has 34 heavy (non-hydrogen) atoms. The van der Waals surface area contributed by atoms with Gasteiger partial charge in [-0.05, 0) is 96.0 Å². The average Bonchev–Trinajstić information content (AvgIpc) is 3.06. The molecule has 2 bridgehead atoms. The molecule has 0 aliphatic carbocycles. The van der Waals surface area contributed by atoms with Gasteiger partial charge in [0.1, 0.15) is 5.75 Å². The fourth-order valence-corrected chi connectivity index (χ4v) is 5.69. The van der Waals surface area contributed by atoms with Crippen LogP contribution in [0, 0.1) is 0 Å². The maximum Gasteiger partial charge on any atom is 0.253 e. The van der Waals surface area contributed by atoms with E-state index in [1.807, 2.05) is 36.9 Å². The molecule has 2 aliphatic rings. The van der Waals surface area contributed by atoms with Crippen LogP contribution in [0.1, 0.15) is 63.7 Å². The van der Waals surface area contributed by atoms with Crippen molar-refractivity contribution in [2.75, 3.05) is 25.1 Å². The summed E-state index contributed by atoms with van der Waals surface area (Å²) in [5.74, 6) is 0.957. The van der Waals surface area contributed by atoms with Gasteiger partial charge in [0.2, 0.25) is 0 Å². The number of anilines is 2. The smallest absolute Gasteiger partial charge is 0.253 e. The predicted molar refractivity (Wildman–Crippen MR) is 140 cm³/mol. The highest BCUT2D eigenvalue weighted by atomic mass is 16.5. The highest BCUT2D eigenvalue weighted by Crippen LogP contribution is 2.42. The summed E-state index contributed by atoms with van der Waals surface area (Å²) in [4.78, 5) is 19.8. The van der Waals surface area contributed by atoms with Crippen molar-refractivity contribution in [2.45, 2.75) is 71.5 Å². The minimum atomic E-state index is 0.0950. The number of allylic oxidation sites excluding steroid dienone is 1. The van der Waals surface area contributed by atoms with E-state index in [1.54, 1.807) is 7.11 Å². The monoisotopic (exact) mass is 461 g/mol. The van der Waals surface area contributed by atoms with E-state index in [1.165, 1.54) is 18.4 Å². The predicted octanol–water partition coefficient (Wildman–Crippen LogP) is 6.23. The maximum atomic E-state index is 12.8. The molecule has 2 aromatic rings. The Kier molecular flexibility index (Phi) is 7.50. The molecule has 2 heterocycles. The molecular weight excluding hydrogens is 422 g/mol. The van der Waals surface area contributed by atoms with Crippen molar-refractivity contribution < 1.29 is 9.53 Å². The van der Waals surface area contributed by atoms with Crippen molar-refractivity contribution in [3.05, 3.63) is 65.9 Å². The SMILES string of the molecule is CCN(CC)C(=O)c1ccc(N(c2cccc(OC)c2)C2C[C@H]3CC[C@@H](C2)N3C=C(C)C)cc1. The largest absolute Gasteiger partial charge is 0.497 e. The Balaban J connectivity index is 1.66. The van der Waals surface area contributed by atoms with Gasteiger partial charge in [-0.25, -0.2) is 0 Å². The van der Waals surface area contributed by atoms with Crippen LogP contribution in [0.4, 0.5) is 11.4 Å². The summed E-state index contributed by atoms with van der Waals surface area (Å²) in [5, 5.41) is 0. The van der Waals surface area contributed by atoms with E-state index in [0.717, 1.165) is 48.6 Å². The van der Waals surface area contributed by atoms with Crippen LogP contribution in [0.5, 0.6) is 5.75 Å². The number of piperidine rings is 1. The number of hydrogen-bond donors (Lipinski definition) is 0. The van der Waals surface area contributed by atoms with E-state index in [4.69, 9.17) is 4.74 Å². The molecular formula is C29H39N3O2. The number of nitrogens with zero attached hydrogens (tertiary/aromatic N) is 3. The van der Waals surface area contributed by atoms with E-state index >= 15 is 0 Å². The fraction of sp³-hybridized carbons (Fsp3) is 0.483. The first-order valence-corrected chi connectivity index (χ1v) is 12.7. The molecule has 3 atom stereocenters. The van der Waals surface area contributed by atoms with Crippen LogP contribution in [0.3, 0.4) is 0 Å². The van der Waals surface area contributed by atoms with Gasteiger partial charge in [-0.15, -0.1) is 0 Å². The lowest BCUT2D eigenvalue weighted by atomic mass is 9.94. The Morgan fingerprint density at radius 3 is 2.21 bits per heavy atom. The van der Waals surface area contributed by atoms with Crippen LogP contribution in [0.2, 0.25) is 0 Å². The van der Waals surface area contributed by atoms with E-state index in [2.05, 4.69) is 60.2 Å². The van der Waals surface area contributed by atoms with Crippen molar-refractivity contribution in [1.29, 1.82) is 0 Å². The molecule has 0 N–H and O–H groups in total. The zero-order chi connectivity index (χ0) is 24.2. The number of methoxy groups -OCH3 is 1. The minimum absolute atomic E-state index is 0.0950. The number of carbonyl (C=O) groups excluding carboxylic acids is 1. The van der Waals surface area contributed by atoms with Gasteiger partial charge in [-0.2, -0.15) is 0 Å². The van der Waals surface area contributed by atoms with Crippen LogP contribution < -0.4 is 9.64 Å². The average molecular weight is 462 g/mol. The van der Waals surface area contributed by atoms with Gasteiger partial charge >= 0.3 is 0 Å². The standard InChI is InChI=1S/C29H39N3O2/c1-6-30(7-2)29(33)22-11-13-23(14-12-22)32(26-9-8-10-28(19-26)34-5)27-17-24-15-16-25(18-27)31(24)20-21(3)4/h8-14,19-20,24-25,27H,6-7,15-18H2,1-5H3/t24-,25+,27?. The summed E-state index contributed by atoms with van der Waals surface area (Å²) in [6.07, 6.45) is 7.12. The van der Waals surface area contributed by atoms with E-state index in [9.17, 15) is 4.79 Å². The molecule has 2 aliphatic heterocycles. The number of benzene rings is 2. The summed E-state index contributed by atoms with van der Waals surface area (Å²) in [6.45, 7) is 9.87. The molecule has 1 unspecified atom stereocenters. The van der Waals surface area contributed by atoms with E-state index < -0.39 is 0 Å². The lowest BCUT2D eigenvalue weighted by molar-refractivity contribution is 0.0773. The second-order valence-electron chi connectivity index (χ2n) is 9.76. The second-order valence-corrected chi connectivity index (χ2v) is 9.76. The molecule has 5 nitrogen and oxygen atoms in total. The Labute approximate surface area is 205 Å². The lowest BCUT2D eigenvalue weighted by Gasteiger charge is -2.44. The van der Waals surface area contributed by atoms with Crippen LogP contribution in [0.15, 0.2) is 60.3 Å². The third kappa shape index (κ3) is 4.94. The first kappa shape index (κ1) is 24.2.